The molecule has 102 valence electrons. The smallest absolute Gasteiger partial charge is 0.128 e. The molecule has 0 atom stereocenters. The Hall–Kier alpha value is -1.93. The molecule has 1 heterocycles. The summed E-state index contributed by atoms with van der Waals surface area (Å²) in [6.45, 7) is 2.61. The number of nitrogens with zero attached hydrogens (tertiary/aromatic N) is 1. The van der Waals surface area contributed by atoms with Crippen LogP contribution in [0.5, 0.6) is 5.75 Å². The first-order chi connectivity index (χ1) is 9.63. The van der Waals surface area contributed by atoms with Crippen LogP contribution in [0, 0.1) is 6.92 Å². The van der Waals surface area contributed by atoms with Gasteiger partial charge in [-0.15, -0.1) is 0 Å². The zero-order valence-corrected chi connectivity index (χ0v) is 12.3. The second-order valence-electron chi connectivity index (χ2n) is 5.00. The van der Waals surface area contributed by atoms with Gasteiger partial charge in [0.1, 0.15) is 12.4 Å². The second-order valence-corrected chi connectivity index (χ2v) is 5.44. The van der Waals surface area contributed by atoms with Crippen molar-refractivity contribution in [2.75, 3.05) is 0 Å². The number of fused-ring (bicyclic) bond motifs is 1. The van der Waals surface area contributed by atoms with Crippen molar-refractivity contribution in [2.24, 2.45) is 7.05 Å². The summed E-state index contributed by atoms with van der Waals surface area (Å²) in [5, 5.41) is 1.90. The van der Waals surface area contributed by atoms with E-state index in [-0.39, 0.29) is 0 Å². The van der Waals surface area contributed by atoms with E-state index in [2.05, 4.69) is 23.6 Å². The van der Waals surface area contributed by atoms with Crippen LogP contribution in [0.4, 0.5) is 0 Å². The monoisotopic (exact) mass is 285 g/mol. The molecule has 0 aliphatic carbocycles. The van der Waals surface area contributed by atoms with E-state index >= 15 is 0 Å². The summed E-state index contributed by atoms with van der Waals surface area (Å²) in [7, 11) is 2.05. The van der Waals surface area contributed by atoms with E-state index in [0.29, 0.717) is 6.61 Å². The van der Waals surface area contributed by atoms with Crippen molar-refractivity contribution >= 4 is 22.5 Å². The molecule has 1 aromatic heterocycles. The highest BCUT2D eigenvalue weighted by molar-refractivity contribution is 6.31. The zero-order valence-electron chi connectivity index (χ0n) is 11.6. The summed E-state index contributed by atoms with van der Waals surface area (Å²) >= 11 is 6.03. The molecule has 0 amide bonds. The number of aromatic nitrogens is 1. The van der Waals surface area contributed by atoms with Crippen LogP contribution in [0.3, 0.4) is 0 Å². The van der Waals surface area contributed by atoms with E-state index in [0.717, 1.165) is 27.4 Å². The summed E-state index contributed by atoms with van der Waals surface area (Å²) in [5.41, 5.74) is 3.49. The van der Waals surface area contributed by atoms with Crippen LogP contribution in [-0.2, 0) is 13.7 Å². The van der Waals surface area contributed by atoms with Crippen LogP contribution in [0.1, 0.15) is 11.3 Å². The van der Waals surface area contributed by atoms with Gasteiger partial charge in [-0.2, -0.15) is 0 Å². The van der Waals surface area contributed by atoms with E-state index in [9.17, 15) is 0 Å². The van der Waals surface area contributed by atoms with Crippen LogP contribution in [0.25, 0.3) is 10.9 Å². The molecule has 3 aromatic rings. The van der Waals surface area contributed by atoms with Gasteiger partial charge < -0.3 is 9.30 Å². The highest BCUT2D eigenvalue weighted by Gasteiger charge is 2.07. The van der Waals surface area contributed by atoms with Crippen molar-refractivity contribution in [2.45, 2.75) is 13.5 Å². The van der Waals surface area contributed by atoms with Gasteiger partial charge in [0.25, 0.3) is 0 Å². The molecule has 0 saturated carbocycles. The first-order valence-corrected chi connectivity index (χ1v) is 6.94. The fraction of sp³-hybridized carbons (Fsp3) is 0.176. The molecule has 2 aromatic carbocycles. The Labute approximate surface area is 123 Å². The minimum Gasteiger partial charge on any atom is -0.487 e. The molecule has 3 rings (SSSR count). The molecule has 3 heteroatoms. The Kier molecular flexibility index (Phi) is 3.41. The van der Waals surface area contributed by atoms with Gasteiger partial charge >= 0.3 is 0 Å². The quantitative estimate of drug-likeness (QED) is 0.679. The first kappa shape index (κ1) is 13.1. The third-order valence-electron chi connectivity index (χ3n) is 3.48. The van der Waals surface area contributed by atoms with Gasteiger partial charge in [0, 0.05) is 23.0 Å². The number of halogens is 1. The molecule has 0 N–H and O–H groups in total. The summed E-state index contributed by atoms with van der Waals surface area (Å²) in [6, 6.07) is 16.1. The van der Waals surface area contributed by atoms with Crippen LogP contribution >= 0.6 is 11.6 Å². The fourth-order valence-corrected chi connectivity index (χ4v) is 2.56. The number of aryl methyl sites for hydroxylation is 2. The zero-order chi connectivity index (χ0) is 14.1. The van der Waals surface area contributed by atoms with Crippen molar-refractivity contribution in [1.29, 1.82) is 0 Å². The van der Waals surface area contributed by atoms with Crippen molar-refractivity contribution in [1.82, 2.24) is 4.57 Å². The normalized spacial score (nSPS) is 10.9. The van der Waals surface area contributed by atoms with Gasteiger partial charge in [-0.3, -0.25) is 0 Å². The Morgan fingerprint density at radius 3 is 2.75 bits per heavy atom. The minimum absolute atomic E-state index is 0.548. The van der Waals surface area contributed by atoms with Gasteiger partial charge in [0.15, 0.2) is 0 Å². The SMILES string of the molecule is Cc1cccc(OCc2cc3cc(Cl)ccc3n2C)c1. The Morgan fingerprint density at radius 1 is 1.10 bits per heavy atom. The maximum absolute atomic E-state index is 6.03. The van der Waals surface area contributed by atoms with Crippen molar-refractivity contribution in [3.8, 4) is 5.75 Å². The maximum Gasteiger partial charge on any atom is 0.128 e. The molecule has 0 bridgehead atoms. The number of hydrogen-bond acceptors (Lipinski definition) is 1. The predicted octanol–water partition coefficient (Wildman–Crippen LogP) is 4.72. The van der Waals surface area contributed by atoms with Gasteiger partial charge in [0.05, 0.1) is 5.69 Å². The molecule has 0 unspecified atom stereocenters. The lowest BCUT2D eigenvalue weighted by Crippen LogP contribution is -2.01. The summed E-state index contributed by atoms with van der Waals surface area (Å²) < 4.78 is 8.00. The summed E-state index contributed by atoms with van der Waals surface area (Å²) in [4.78, 5) is 0. The van der Waals surface area contributed by atoms with Gasteiger partial charge in [0.2, 0.25) is 0 Å². The molecule has 0 aliphatic rings. The average molecular weight is 286 g/mol. The van der Waals surface area contributed by atoms with Gasteiger partial charge in [-0.05, 0) is 48.9 Å². The van der Waals surface area contributed by atoms with E-state index in [1.165, 1.54) is 5.56 Å². The molecule has 2 nitrogen and oxygen atoms in total. The van der Waals surface area contributed by atoms with E-state index in [1.54, 1.807) is 0 Å². The Morgan fingerprint density at radius 2 is 1.95 bits per heavy atom. The second kappa shape index (κ2) is 5.22. The lowest BCUT2D eigenvalue weighted by atomic mass is 10.2. The molecule has 0 radical (unpaired) electrons. The van der Waals surface area contributed by atoms with Crippen molar-refractivity contribution in [3.63, 3.8) is 0 Å². The summed E-state index contributed by atoms with van der Waals surface area (Å²) in [5.74, 6) is 0.897. The number of rotatable bonds is 3. The third-order valence-corrected chi connectivity index (χ3v) is 3.72. The largest absolute Gasteiger partial charge is 0.487 e. The first-order valence-electron chi connectivity index (χ1n) is 6.57. The van der Waals surface area contributed by atoms with E-state index < -0.39 is 0 Å². The molecular weight excluding hydrogens is 270 g/mol. The lowest BCUT2D eigenvalue weighted by Gasteiger charge is -2.08. The molecule has 0 saturated heterocycles. The molecular formula is C17H16ClNO. The number of benzene rings is 2. The maximum atomic E-state index is 6.03. The average Bonchev–Trinajstić information content (AvgIpc) is 2.72. The molecule has 20 heavy (non-hydrogen) atoms. The summed E-state index contributed by atoms with van der Waals surface area (Å²) in [6.07, 6.45) is 0. The van der Waals surface area contributed by atoms with E-state index in [4.69, 9.17) is 16.3 Å². The van der Waals surface area contributed by atoms with Gasteiger partial charge in [-0.25, -0.2) is 0 Å². The Bertz CT molecular complexity index is 761. The highest BCUT2D eigenvalue weighted by atomic mass is 35.5. The van der Waals surface area contributed by atoms with Crippen LogP contribution in [0.15, 0.2) is 48.5 Å². The number of ether oxygens (including phenoxy) is 1. The fourth-order valence-electron chi connectivity index (χ4n) is 2.38. The molecule has 0 spiro atoms. The molecule has 0 fully saturated rings. The number of hydrogen-bond donors (Lipinski definition) is 0. The predicted molar refractivity (Wildman–Crippen MR) is 83.4 cm³/mol. The van der Waals surface area contributed by atoms with Gasteiger partial charge in [-0.1, -0.05) is 23.7 Å². The van der Waals surface area contributed by atoms with E-state index in [1.807, 2.05) is 43.4 Å². The topological polar surface area (TPSA) is 14.2 Å². The van der Waals surface area contributed by atoms with Crippen LogP contribution in [0.2, 0.25) is 5.02 Å². The van der Waals surface area contributed by atoms with Crippen LogP contribution in [-0.4, -0.2) is 4.57 Å². The minimum atomic E-state index is 0.548. The highest BCUT2D eigenvalue weighted by Crippen LogP contribution is 2.23. The Balaban J connectivity index is 1.86. The lowest BCUT2D eigenvalue weighted by molar-refractivity contribution is 0.297. The standard InChI is InChI=1S/C17H16ClNO/c1-12-4-3-5-16(8-12)20-11-15-10-13-9-14(18)6-7-17(13)19(15)2/h3-10H,11H2,1-2H3. The van der Waals surface area contributed by atoms with Crippen molar-refractivity contribution in [3.05, 3.63) is 64.8 Å². The van der Waals surface area contributed by atoms with Crippen molar-refractivity contribution < 1.29 is 4.74 Å². The van der Waals surface area contributed by atoms with Crippen LogP contribution < -0.4 is 4.74 Å². The molecule has 0 aliphatic heterocycles. The third kappa shape index (κ3) is 2.52.